The molecule has 0 unspecified atom stereocenters. The van der Waals surface area contributed by atoms with Gasteiger partial charge in [0.05, 0.1) is 23.3 Å². The molecule has 0 aliphatic carbocycles. The molecule has 0 heterocycles. The predicted octanol–water partition coefficient (Wildman–Crippen LogP) is 4.27. The van der Waals surface area contributed by atoms with Crippen LogP contribution in [0.25, 0.3) is 0 Å². The van der Waals surface area contributed by atoms with E-state index in [4.69, 9.17) is 4.74 Å². The van der Waals surface area contributed by atoms with E-state index in [1.807, 2.05) is 0 Å². The van der Waals surface area contributed by atoms with Crippen LogP contribution in [0.15, 0.2) is 77.7 Å². The third-order valence-corrected chi connectivity index (χ3v) is 5.71. The molecule has 1 amide bonds. The highest BCUT2D eigenvalue weighted by atomic mass is 32.2. The number of hydrogen-bond acceptors (Lipinski definition) is 5. The first-order chi connectivity index (χ1) is 15.1. The number of halogens is 3. The monoisotopic (exact) mass is 465 g/mol. The number of hydrazine groups is 1. The maximum absolute atomic E-state index is 13.0. The van der Waals surface area contributed by atoms with Crippen LogP contribution in [-0.4, -0.2) is 21.4 Å². The number of hydrogen-bond donors (Lipinski definition) is 3. The topological polar surface area (TPSA) is 96.5 Å². The van der Waals surface area contributed by atoms with Crippen molar-refractivity contribution in [1.82, 2.24) is 5.43 Å². The number of amides is 1. The largest absolute Gasteiger partial charge is 0.497 e. The Morgan fingerprint density at radius 3 is 2.12 bits per heavy atom. The Labute approximate surface area is 182 Å². The van der Waals surface area contributed by atoms with E-state index < -0.39 is 27.7 Å². The zero-order valence-electron chi connectivity index (χ0n) is 16.6. The number of benzene rings is 3. The molecular formula is C21H18F3N3O4S. The van der Waals surface area contributed by atoms with E-state index in [0.29, 0.717) is 11.4 Å². The first-order valence-corrected chi connectivity index (χ1v) is 10.6. The summed E-state index contributed by atoms with van der Waals surface area (Å²) in [5.74, 6) is -0.177. The fraction of sp³-hybridized carbons (Fsp3) is 0.0952. The highest BCUT2D eigenvalue weighted by molar-refractivity contribution is 7.92. The highest BCUT2D eigenvalue weighted by Gasteiger charge is 2.33. The molecule has 0 bridgehead atoms. The fourth-order valence-corrected chi connectivity index (χ4v) is 3.75. The zero-order valence-corrected chi connectivity index (χ0v) is 17.4. The van der Waals surface area contributed by atoms with Crippen LogP contribution in [0.5, 0.6) is 5.75 Å². The van der Waals surface area contributed by atoms with Gasteiger partial charge in [0.2, 0.25) is 0 Å². The molecule has 3 rings (SSSR count). The molecule has 0 atom stereocenters. The number of carbonyl (C=O) groups is 1. The van der Waals surface area contributed by atoms with Crippen LogP contribution in [0.4, 0.5) is 24.5 Å². The van der Waals surface area contributed by atoms with Crippen molar-refractivity contribution in [1.29, 1.82) is 0 Å². The number of anilines is 2. The van der Waals surface area contributed by atoms with Crippen molar-refractivity contribution in [3.63, 3.8) is 0 Å². The summed E-state index contributed by atoms with van der Waals surface area (Å²) in [5, 5.41) is 0. The molecule has 0 radical (unpaired) electrons. The van der Waals surface area contributed by atoms with E-state index in [2.05, 4.69) is 15.6 Å². The molecule has 0 fully saturated rings. The standard InChI is InChI=1S/C21H18F3N3O4S/c1-31-16-10-8-15(9-11-16)27-32(29,30)17-12-6-14(7-13-17)20(28)26-25-19-5-3-2-4-18(19)21(22,23)24/h2-13,25,27H,1H3,(H,26,28). The van der Waals surface area contributed by atoms with Crippen molar-refractivity contribution < 1.29 is 31.1 Å². The second-order valence-electron chi connectivity index (χ2n) is 6.48. The van der Waals surface area contributed by atoms with Crippen LogP contribution in [-0.2, 0) is 16.2 Å². The van der Waals surface area contributed by atoms with E-state index in [9.17, 15) is 26.4 Å². The van der Waals surface area contributed by atoms with E-state index in [-0.39, 0.29) is 16.1 Å². The van der Waals surface area contributed by atoms with E-state index in [1.54, 1.807) is 12.1 Å². The van der Waals surface area contributed by atoms with Crippen molar-refractivity contribution in [3.8, 4) is 5.75 Å². The van der Waals surface area contributed by atoms with E-state index in [0.717, 1.165) is 6.07 Å². The molecule has 32 heavy (non-hydrogen) atoms. The molecule has 0 saturated heterocycles. The van der Waals surface area contributed by atoms with Crippen LogP contribution < -0.4 is 20.3 Å². The Bertz CT molecular complexity index is 1200. The minimum atomic E-state index is -4.60. The Kier molecular flexibility index (Phi) is 6.58. The zero-order chi connectivity index (χ0) is 23.4. The number of carbonyl (C=O) groups excluding carboxylic acids is 1. The number of ether oxygens (including phenoxy) is 1. The van der Waals surface area contributed by atoms with Crippen molar-refractivity contribution in [2.75, 3.05) is 17.3 Å². The number of nitrogens with one attached hydrogen (secondary N) is 3. The molecule has 0 aromatic heterocycles. The number of rotatable bonds is 7. The first-order valence-electron chi connectivity index (χ1n) is 9.10. The molecular weight excluding hydrogens is 447 g/mol. The SMILES string of the molecule is COc1ccc(NS(=O)(=O)c2ccc(C(=O)NNc3ccccc3C(F)(F)F)cc2)cc1. The molecule has 168 valence electrons. The van der Waals surface area contributed by atoms with Gasteiger partial charge in [0.25, 0.3) is 15.9 Å². The van der Waals surface area contributed by atoms with Crippen molar-refractivity contribution in [2.24, 2.45) is 0 Å². The van der Waals surface area contributed by atoms with Gasteiger partial charge < -0.3 is 4.74 Å². The quantitative estimate of drug-likeness (QED) is 0.453. The van der Waals surface area contributed by atoms with Crippen molar-refractivity contribution in [3.05, 3.63) is 83.9 Å². The molecule has 11 heteroatoms. The Morgan fingerprint density at radius 2 is 1.53 bits per heavy atom. The lowest BCUT2D eigenvalue weighted by Gasteiger charge is -2.15. The number of sulfonamides is 1. The number of para-hydroxylation sites is 1. The minimum Gasteiger partial charge on any atom is -0.497 e. The summed E-state index contributed by atoms with van der Waals surface area (Å²) in [6, 6.07) is 15.8. The van der Waals surface area contributed by atoms with Crippen molar-refractivity contribution >= 4 is 27.3 Å². The van der Waals surface area contributed by atoms with Gasteiger partial charge in [0.1, 0.15) is 5.75 Å². The molecule has 7 nitrogen and oxygen atoms in total. The van der Waals surface area contributed by atoms with Crippen LogP contribution in [0.3, 0.4) is 0 Å². The fourth-order valence-electron chi connectivity index (χ4n) is 2.69. The third kappa shape index (κ3) is 5.49. The summed E-state index contributed by atoms with van der Waals surface area (Å²) >= 11 is 0. The molecule has 3 N–H and O–H groups in total. The smallest absolute Gasteiger partial charge is 0.418 e. The number of alkyl halides is 3. The average Bonchev–Trinajstić information content (AvgIpc) is 2.77. The van der Waals surface area contributed by atoms with Gasteiger partial charge in [-0.2, -0.15) is 13.2 Å². The lowest BCUT2D eigenvalue weighted by atomic mass is 10.2. The second-order valence-corrected chi connectivity index (χ2v) is 8.16. The minimum absolute atomic E-state index is 0.0467. The van der Waals surface area contributed by atoms with Gasteiger partial charge in [-0.05, 0) is 60.7 Å². The summed E-state index contributed by atoms with van der Waals surface area (Å²) in [4.78, 5) is 12.2. The van der Waals surface area contributed by atoms with Gasteiger partial charge in [0.15, 0.2) is 0 Å². The van der Waals surface area contributed by atoms with Gasteiger partial charge in [-0.3, -0.25) is 20.4 Å². The number of methoxy groups -OCH3 is 1. The predicted molar refractivity (Wildman–Crippen MR) is 113 cm³/mol. The second kappa shape index (κ2) is 9.18. The van der Waals surface area contributed by atoms with Gasteiger partial charge in [-0.15, -0.1) is 0 Å². The van der Waals surface area contributed by atoms with Crippen LogP contribution in [0.2, 0.25) is 0 Å². The molecule has 0 aliphatic rings. The Balaban J connectivity index is 1.68. The summed E-state index contributed by atoms with van der Waals surface area (Å²) in [6.07, 6.45) is -4.60. The van der Waals surface area contributed by atoms with Gasteiger partial charge in [-0.1, -0.05) is 12.1 Å². The third-order valence-electron chi connectivity index (χ3n) is 4.31. The highest BCUT2D eigenvalue weighted by Crippen LogP contribution is 2.34. The average molecular weight is 465 g/mol. The van der Waals surface area contributed by atoms with Gasteiger partial charge in [-0.25, -0.2) is 8.42 Å². The maximum Gasteiger partial charge on any atom is 0.418 e. The first kappa shape index (κ1) is 22.9. The van der Waals surface area contributed by atoms with Gasteiger partial charge in [0, 0.05) is 11.3 Å². The van der Waals surface area contributed by atoms with E-state index in [1.165, 1.54) is 61.7 Å². The lowest BCUT2D eigenvalue weighted by molar-refractivity contribution is -0.137. The van der Waals surface area contributed by atoms with Crippen LogP contribution >= 0.6 is 0 Å². The molecule has 0 spiro atoms. The molecule has 0 saturated carbocycles. The Hall–Kier alpha value is -3.73. The Morgan fingerprint density at radius 1 is 0.906 bits per heavy atom. The summed E-state index contributed by atoms with van der Waals surface area (Å²) in [7, 11) is -2.43. The van der Waals surface area contributed by atoms with Gasteiger partial charge >= 0.3 is 6.18 Å². The maximum atomic E-state index is 13.0. The summed E-state index contributed by atoms with van der Waals surface area (Å²) < 4.78 is 71.5. The molecule has 3 aromatic carbocycles. The normalized spacial score (nSPS) is 11.5. The molecule has 3 aromatic rings. The van der Waals surface area contributed by atoms with Crippen molar-refractivity contribution in [2.45, 2.75) is 11.1 Å². The summed E-state index contributed by atoms with van der Waals surface area (Å²) in [6.45, 7) is 0. The molecule has 0 aliphatic heterocycles. The summed E-state index contributed by atoms with van der Waals surface area (Å²) in [5.41, 5.74) is 3.52. The van der Waals surface area contributed by atoms with Crippen LogP contribution in [0.1, 0.15) is 15.9 Å². The van der Waals surface area contributed by atoms with E-state index >= 15 is 0 Å². The van der Waals surface area contributed by atoms with Crippen LogP contribution in [0, 0.1) is 0 Å². The lowest BCUT2D eigenvalue weighted by Crippen LogP contribution is -2.30.